The van der Waals surface area contributed by atoms with E-state index in [0.29, 0.717) is 5.11 Å². The number of nitrogens with one attached hydrogen (secondary N) is 2. The van der Waals surface area contributed by atoms with Crippen LogP contribution >= 0.6 is 12.2 Å². The zero-order valence-electron chi connectivity index (χ0n) is 14.9. The normalized spacial score (nSPS) is 11.0. The van der Waals surface area contributed by atoms with Crippen LogP contribution in [0.1, 0.15) is 0 Å². The van der Waals surface area contributed by atoms with Crippen LogP contribution in [0.4, 0.5) is 11.4 Å². The molecule has 0 saturated heterocycles. The first-order chi connectivity index (χ1) is 13.7. The third-order valence-corrected chi connectivity index (χ3v) is 4.81. The molecule has 0 atom stereocenters. The number of para-hydroxylation sites is 2. The van der Waals surface area contributed by atoms with Crippen LogP contribution in [0.3, 0.4) is 0 Å². The van der Waals surface area contributed by atoms with Crippen LogP contribution in [0, 0.1) is 0 Å². The van der Waals surface area contributed by atoms with E-state index in [9.17, 15) is 0 Å². The largest absolute Gasteiger partial charge is 0.332 e. The predicted molar refractivity (Wildman–Crippen MR) is 121 cm³/mol. The van der Waals surface area contributed by atoms with Gasteiger partial charge in [-0.15, -0.1) is 0 Å². The summed E-state index contributed by atoms with van der Waals surface area (Å²) in [5, 5.41) is 9.38. The topological polar surface area (TPSA) is 49.8 Å². The van der Waals surface area contributed by atoms with Crippen LogP contribution in [0.5, 0.6) is 0 Å². The lowest BCUT2D eigenvalue weighted by Crippen LogP contribution is -2.19. The summed E-state index contributed by atoms with van der Waals surface area (Å²) in [6, 6.07) is 28.2. The van der Waals surface area contributed by atoms with Crippen LogP contribution in [-0.2, 0) is 0 Å². The van der Waals surface area contributed by atoms with Gasteiger partial charge in [0.1, 0.15) is 0 Å². The quantitative estimate of drug-likeness (QED) is 0.302. The summed E-state index contributed by atoms with van der Waals surface area (Å²) in [5.41, 5.74) is 5.28. The molecule has 4 aromatic carbocycles. The zero-order chi connectivity index (χ0) is 18.9. The van der Waals surface area contributed by atoms with Crippen molar-refractivity contribution in [1.29, 1.82) is 0 Å². The minimum absolute atomic E-state index is 0.531. The molecule has 0 saturated carbocycles. The van der Waals surface area contributed by atoms with Crippen molar-refractivity contribution in [2.75, 3.05) is 10.6 Å². The number of benzene rings is 4. The van der Waals surface area contributed by atoms with Crippen molar-refractivity contribution in [2.45, 2.75) is 0 Å². The van der Waals surface area contributed by atoms with Crippen molar-refractivity contribution in [3.63, 3.8) is 0 Å². The second-order valence-corrected chi connectivity index (χ2v) is 6.97. The van der Waals surface area contributed by atoms with Gasteiger partial charge in [-0.05, 0) is 65.5 Å². The monoisotopic (exact) mass is 380 g/mol. The van der Waals surface area contributed by atoms with Gasteiger partial charge in [0.25, 0.3) is 0 Å². The molecule has 4 nitrogen and oxygen atoms in total. The van der Waals surface area contributed by atoms with Gasteiger partial charge in [0.15, 0.2) is 5.11 Å². The van der Waals surface area contributed by atoms with E-state index in [1.807, 2.05) is 60.7 Å². The van der Waals surface area contributed by atoms with Gasteiger partial charge in [-0.25, -0.2) is 9.97 Å². The fourth-order valence-electron chi connectivity index (χ4n) is 3.26. The number of nitrogens with zero attached hydrogens (tertiary/aromatic N) is 2. The highest BCUT2D eigenvalue weighted by Crippen LogP contribution is 2.21. The summed E-state index contributed by atoms with van der Waals surface area (Å²) in [4.78, 5) is 9.35. The standard InChI is InChI=1S/C23H16N4S/c28-23(24-17-10-9-15-5-1-2-6-16(15)13-17)25-18-11-12-21-22(14-18)27-20-8-4-3-7-19(20)26-21/h1-14H,(H2,24,25,28). The minimum Gasteiger partial charge on any atom is -0.332 e. The molecular formula is C23H16N4S. The molecule has 0 radical (unpaired) electrons. The SMILES string of the molecule is S=C(Nc1ccc2ccccc2c1)Nc1ccc2nc3ccccc3nc2c1. The Morgan fingerprint density at radius 3 is 1.93 bits per heavy atom. The van der Waals surface area contributed by atoms with Gasteiger partial charge in [-0.1, -0.05) is 42.5 Å². The average Bonchev–Trinajstić information content (AvgIpc) is 2.72. The van der Waals surface area contributed by atoms with Crippen LogP contribution in [-0.4, -0.2) is 15.1 Å². The first-order valence-electron chi connectivity index (χ1n) is 8.98. The lowest BCUT2D eigenvalue weighted by molar-refractivity contribution is 1.39. The second-order valence-electron chi connectivity index (χ2n) is 6.56. The summed E-state index contributed by atoms with van der Waals surface area (Å²) in [6.07, 6.45) is 0. The summed E-state index contributed by atoms with van der Waals surface area (Å²) >= 11 is 5.48. The molecule has 1 heterocycles. The van der Waals surface area contributed by atoms with Crippen molar-refractivity contribution in [2.24, 2.45) is 0 Å². The lowest BCUT2D eigenvalue weighted by atomic mass is 10.1. The lowest BCUT2D eigenvalue weighted by Gasteiger charge is -2.12. The van der Waals surface area contributed by atoms with Gasteiger partial charge in [0.05, 0.1) is 22.1 Å². The van der Waals surface area contributed by atoms with Crippen LogP contribution in [0.15, 0.2) is 84.9 Å². The number of hydrogen-bond donors (Lipinski definition) is 2. The Labute approximate surface area is 167 Å². The van der Waals surface area contributed by atoms with Crippen molar-refractivity contribution >= 4 is 61.5 Å². The summed E-state index contributed by atoms with van der Waals surface area (Å²) in [6.45, 7) is 0. The van der Waals surface area contributed by atoms with Crippen molar-refractivity contribution in [3.8, 4) is 0 Å². The van der Waals surface area contributed by atoms with Gasteiger partial charge >= 0.3 is 0 Å². The molecule has 0 bridgehead atoms. The van der Waals surface area contributed by atoms with Gasteiger partial charge in [0, 0.05) is 11.4 Å². The first kappa shape index (κ1) is 16.6. The smallest absolute Gasteiger partial charge is 0.175 e. The van der Waals surface area contributed by atoms with E-state index in [1.54, 1.807) is 0 Å². The van der Waals surface area contributed by atoms with Gasteiger partial charge < -0.3 is 10.6 Å². The van der Waals surface area contributed by atoms with E-state index in [1.165, 1.54) is 10.8 Å². The molecule has 0 fully saturated rings. The second kappa shape index (κ2) is 6.87. The Hall–Kier alpha value is -3.57. The molecule has 2 N–H and O–H groups in total. The predicted octanol–water partition coefficient (Wildman–Crippen LogP) is 5.75. The molecule has 0 aliphatic heterocycles. The van der Waals surface area contributed by atoms with Crippen molar-refractivity contribution in [1.82, 2.24) is 9.97 Å². The number of aromatic nitrogens is 2. The number of anilines is 2. The molecule has 0 unspecified atom stereocenters. The highest BCUT2D eigenvalue weighted by atomic mass is 32.1. The first-order valence-corrected chi connectivity index (χ1v) is 9.39. The third-order valence-electron chi connectivity index (χ3n) is 4.60. The molecule has 0 aliphatic carbocycles. The van der Waals surface area contributed by atoms with Crippen molar-refractivity contribution in [3.05, 3.63) is 84.9 Å². The number of hydrogen-bond acceptors (Lipinski definition) is 3. The molecule has 5 rings (SSSR count). The Morgan fingerprint density at radius 2 is 1.14 bits per heavy atom. The molecule has 0 spiro atoms. The van der Waals surface area contributed by atoms with Crippen LogP contribution in [0.25, 0.3) is 32.8 Å². The van der Waals surface area contributed by atoms with Crippen LogP contribution < -0.4 is 10.6 Å². The maximum absolute atomic E-state index is 5.48. The summed E-state index contributed by atoms with van der Waals surface area (Å²) in [5.74, 6) is 0. The molecule has 5 heteroatoms. The average molecular weight is 380 g/mol. The Morgan fingerprint density at radius 1 is 0.571 bits per heavy atom. The molecule has 134 valence electrons. The molecule has 0 amide bonds. The van der Waals surface area contributed by atoms with Crippen LogP contribution in [0.2, 0.25) is 0 Å². The van der Waals surface area contributed by atoms with E-state index < -0.39 is 0 Å². The van der Waals surface area contributed by atoms with Gasteiger partial charge in [-0.2, -0.15) is 0 Å². The van der Waals surface area contributed by atoms with E-state index in [0.717, 1.165) is 33.4 Å². The number of rotatable bonds is 2. The van der Waals surface area contributed by atoms with E-state index >= 15 is 0 Å². The number of thiocarbonyl (C=S) groups is 1. The Balaban J connectivity index is 1.38. The highest BCUT2D eigenvalue weighted by molar-refractivity contribution is 7.80. The molecule has 28 heavy (non-hydrogen) atoms. The zero-order valence-corrected chi connectivity index (χ0v) is 15.7. The highest BCUT2D eigenvalue weighted by Gasteiger charge is 2.05. The fourth-order valence-corrected chi connectivity index (χ4v) is 3.49. The molecule has 1 aromatic heterocycles. The Bertz CT molecular complexity index is 1350. The third kappa shape index (κ3) is 3.23. The maximum Gasteiger partial charge on any atom is 0.175 e. The van der Waals surface area contributed by atoms with E-state index in [-0.39, 0.29) is 0 Å². The molecular weight excluding hydrogens is 364 g/mol. The molecule has 0 aliphatic rings. The Kier molecular flexibility index (Phi) is 4.07. The van der Waals surface area contributed by atoms with E-state index in [2.05, 4.69) is 39.9 Å². The minimum atomic E-state index is 0.531. The van der Waals surface area contributed by atoms with Gasteiger partial charge in [0.2, 0.25) is 0 Å². The summed E-state index contributed by atoms with van der Waals surface area (Å²) in [7, 11) is 0. The fraction of sp³-hybridized carbons (Fsp3) is 0. The van der Waals surface area contributed by atoms with Gasteiger partial charge in [-0.3, -0.25) is 0 Å². The number of fused-ring (bicyclic) bond motifs is 3. The van der Waals surface area contributed by atoms with E-state index in [4.69, 9.17) is 17.2 Å². The maximum atomic E-state index is 5.48. The summed E-state index contributed by atoms with van der Waals surface area (Å²) < 4.78 is 0. The van der Waals surface area contributed by atoms with Crippen molar-refractivity contribution < 1.29 is 0 Å². The molecule has 5 aromatic rings.